The summed E-state index contributed by atoms with van der Waals surface area (Å²) in [4.78, 5) is 23.2. The van der Waals surface area contributed by atoms with Crippen molar-refractivity contribution in [2.45, 2.75) is 25.8 Å². The Morgan fingerprint density at radius 2 is 1.94 bits per heavy atom. The maximum Gasteiger partial charge on any atom is 0.346 e. The van der Waals surface area contributed by atoms with E-state index in [1.54, 1.807) is 0 Å². The quantitative estimate of drug-likeness (QED) is 0.710. The highest BCUT2D eigenvalue weighted by Crippen LogP contribution is 2.12. The molecule has 1 aromatic rings. The van der Waals surface area contributed by atoms with Gasteiger partial charge in [0.1, 0.15) is 0 Å². The van der Waals surface area contributed by atoms with E-state index < -0.39 is 16.8 Å². The van der Waals surface area contributed by atoms with E-state index in [-0.39, 0.29) is 12.4 Å². The normalized spacial score (nSPS) is 11.6. The van der Waals surface area contributed by atoms with Crippen LogP contribution in [0.15, 0.2) is 9.59 Å². The zero-order chi connectivity index (χ0) is 13.2. The van der Waals surface area contributed by atoms with Gasteiger partial charge in [-0.2, -0.15) is 0 Å². The summed E-state index contributed by atoms with van der Waals surface area (Å²) in [7, 11) is 2.88. The Bertz CT molecular complexity index is 515. The fourth-order valence-corrected chi connectivity index (χ4v) is 1.44. The molecule has 96 valence electrons. The van der Waals surface area contributed by atoms with Crippen LogP contribution in [0.5, 0.6) is 0 Å². The third-order valence-corrected chi connectivity index (χ3v) is 2.51. The van der Waals surface area contributed by atoms with Crippen LogP contribution >= 0.6 is 0 Å². The number of aliphatic hydroxyl groups excluding tert-OH is 1. The van der Waals surface area contributed by atoms with Gasteiger partial charge in [-0.25, -0.2) is 9.48 Å². The van der Waals surface area contributed by atoms with Crippen LogP contribution < -0.4 is 16.6 Å². The molecule has 0 radical (unpaired) electrons. The molecule has 2 N–H and O–H groups in total. The van der Waals surface area contributed by atoms with Gasteiger partial charge >= 0.3 is 5.69 Å². The zero-order valence-corrected chi connectivity index (χ0v) is 10.5. The third-order valence-electron chi connectivity index (χ3n) is 2.51. The molecule has 7 heteroatoms. The molecule has 0 atom stereocenters. The average molecular weight is 242 g/mol. The molecule has 0 unspecified atom stereocenters. The first kappa shape index (κ1) is 13.4. The number of hydrogen-bond acceptors (Lipinski definition) is 5. The van der Waals surface area contributed by atoms with Crippen molar-refractivity contribution in [1.82, 2.24) is 14.3 Å². The monoisotopic (exact) mass is 242 g/mol. The Morgan fingerprint density at radius 3 is 2.47 bits per heavy atom. The molecule has 1 rings (SSSR count). The molecule has 0 amide bonds. The Hall–Kier alpha value is -1.63. The van der Waals surface area contributed by atoms with Gasteiger partial charge in [0.2, 0.25) is 5.82 Å². The molecule has 0 bridgehead atoms. The summed E-state index contributed by atoms with van der Waals surface area (Å²) < 4.78 is 2.09. The van der Waals surface area contributed by atoms with Gasteiger partial charge in [-0.1, -0.05) is 0 Å². The van der Waals surface area contributed by atoms with Crippen LogP contribution in [0.4, 0.5) is 5.82 Å². The number of aliphatic hydroxyl groups is 1. The van der Waals surface area contributed by atoms with Crippen molar-refractivity contribution in [2.24, 2.45) is 14.1 Å². The molecular formula is C10H18N4O3. The van der Waals surface area contributed by atoms with Crippen LogP contribution in [-0.2, 0) is 14.1 Å². The lowest BCUT2D eigenvalue weighted by atomic mass is 10.0. The molecule has 0 saturated heterocycles. The molecule has 1 heterocycles. The van der Waals surface area contributed by atoms with Gasteiger partial charge in [-0.05, 0) is 20.3 Å². The molecule has 0 fully saturated rings. The number of nitrogens with zero attached hydrogens (tertiary/aromatic N) is 3. The highest BCUT2D eigenvalue weighted by molar-refractivity contribution is 5.33. The SMILES string of the molecule is Cn1nc(NC(C)(C)CCO)c(=O)n(C)c1=O. The zero-order valence-electron chi connectivity index (χ0n) is 10.5. The third kappa shape index (κ3) is 2.94. The molecule has 7 nitrogen and oxygen atoms in total. The van der Waals surface area contributed by atoms with Crippen molar-refractivity contribution in [3.63, 3.8) is 0 Å². The molecule has 0 spiro atoms. The van der Waals surface area contributed by atoms with E-state index in [1.165, 1.54) is 14.1 Å². The van der Waals surface area contributed by atoms with Crippen LogP contribution in [0, 0.1) is 0 Å². The van der Waals surface area contributed by atoms with E-state index in [2.05, 4.69) is 10.4 Å². The minimum Gasteiger partial charge on any atom is -0.396 e. The van der Waals surface area contributed by atoms with Gasteiger partial charge < -0.3 is 10.4 Å². The summed E-state index contributed by atoms with van der Waals surface area (Å²) in [5, 5.41) is 15.7. The number of aromatic nitrogens is 3. The van der Waals surface area contributed by atoms with E-state index in [1.807, 2.05) is 13.8 Å². The molecule has 17 heavy (non-hydrogen) atoms. The predicted octanol–water partition coefficient (Wildman–Crippen LogP) is -0.948. The second-order valence-electron chi connectivity index (χ2n) is 4.60. The summed E-state index contributed by atoms with van der Waals surface area (Å²) in [5.41, 5.74) is -1.41. The van der Waals surface area contributed by atoms with Crippen molar-refractivity contribution in [2.75, 3.05) is 11.9 Å². The topological polar surface area (TPSA) is 89.2 Å². The number of rotatable bonds is 4. The van der Waals surface area contributed by atoms with Crippen LogP contribution in [0.2, 0.25) is 0 Å². The maximum atomic E-state index is 11.8. The molecule has 0 aliphatic heterocycles. The molecule has 0 aliphatic rings. The summed E-state index contributed by atoms with van der Waals surface area (Å²) in [6.07, 6.45) is 0.473. The van der Waals surface area contributed by atoms with E-state index in [0.717, 1.165) is 9.25 Å². The maximum absolute atomic E-state index is 11.8. The minimum atomic E-state index is -0.473. The van der Waals surface area contributed by atoms with Crippen molar-refractivity contribution in [3.05, 3.63) is 20.8 Å². The highest BCUT2D eigenvalue weighted by Gasteiger charge is 2.20. The second kappa shape index (κ2) is 4.70. The summed E-state index contributed by atoms with van der Waals surface area (Å²) in [6, 6.07) is 0. The van der Waals surface area contributed by atoms with Crippen molar-refractivity contribution >= 4 is 5.82 Å². The van der Waals surface area contributed by atoms with Crippen molar-refractivity contribution < 1.29 is 5.11 Å². The van der Waals surface area contributed by atoms with Gasteiger partial charge in [0.15, 0.2) is 0 Å². The van der Waals surface area contributed by atoms with Crippen molar-refractivity contribution in [3.8, 4) is 0 Å². The summed E-state index contributed by atoms with van der Waals surface area (Å²) >= 11 is 0. The van der Waals surface area contributed by atoms with Crippen LogP contribution in [0.3, 0.4) is 0 Å². The first-order valence-electron chi connectivity index (χ1n) is 5.32. The lowest BCUT2D eigenvalue weighted by molar-refractivity contribution is 0.260. The highest BCUT2D eigenvalue weighted by atomic mass is 16.3. The Kier molecular flexibility index (Phi) is 3.72. The fourth-order valence-electron chi connectivity index (χ4n) is 1.44. The van der Waals surface area contributed by atoms with Crippen molar-refractivity contribution in [1.29, 1.82) is 0 Å². The van der Waals surface area contributed by atoms with Crippen LogP contribution in [0.25, 0.3) is 0 Å². The summed E-state index contributed by atoms with van der Waals surface area (Å²) in [5.74, 6) is 0.105. The number of nitrogens with one attached hydrogen (secondary N) is 1. The van der Waals surface area contributed by atoms with E-state index in [0.29, 0.717) is 6.42 Å². The van der Waals surface area contributed by atoms with E-state index in [4.69, 9.17) is 5.11 Å². The van der Waals surface area contributed by atoms with Gasteiger partial charge in [0, 0.05) is 26.2 Å². The Morgan fingerprint density at radius 1 is 1.35 bits per heavy atom. The lowest BCUT2D eigenvalue weighted by Gasteiger charge is -2.25. The first-order valence-corrected chi connectivity index (χ1v) is 5.32. The molecule has 0 aliphatic carbocycles. The van der Waals surface area contributed by atoms with Gasteiger partial charge in [-0.3, -0.25) is 9.36 Å². The van der Waals surface area contributed by atoms with E-state index >= 15 is 0 Å². The number of hydrogen-bond donors (Lipinski definition) is 2. The van der Waals surface area contributed by atoms with E-state index in [9.17, 15) is 9.59 Å². The molecule has 1 aromatic heterocycles. The van der Waals surface area contributed by atoms with Crippen LogP contribution in [-0.4, -0.2) is 31.6 Å². The smallest absolute Gasteiger partial charge is 0.346 e. The average Bonchev–Trinajstić information content (AvgIpc) is 2.22. The van der Waals surface area contributed by atoms with Gasteiger partial charge in [-0.15, -0.1) is 5.10 Å². The van der Waals surface area contributed by atoms with Crippen LogP contribution in [0.1, 0.15) is 20.3 Å². The number of aryl methyl sites for hydroxylation is 1. The molecule has 0 saturated carbocycles. The van der Waals surface area contributed by atoms with Gasteiger partial charge in [0.25, 0.3) is 5.56 Å². The molecule has 0 aromatic carbocycles. The predicted molar refractivity (Wildman–Crippen MR) is 64.1 cm³/mol. The summed E-state index contributed by atoms with van der Waals surface area (Å²) in [6.45, 7) is 3.69. The Balaban J connectivity index is 3.17. The first-order chi connectivity index (χ1) is 7.78. The number of anilines is 1. The van der Waals surface area contributed by atoms with Gasteiger partial charge in [0.05, 0.1) is 0 Å². The minimum absolute atomic E-state index is 0.00603. The second-order valence-corrected chi connectivity index (χ2v) is 4.60. The largest absolute Gasteiger partial charge is 0.396 e. The standard InChI is InChI=1S/C10H18N4O3/c1-10(2,5-6-15)11-7-8(16)13(3)9(17)14(4)12-7/h15H,5-6H2,1-4H3,(H,11,12). The Labute approximate surface area is 98.7 Å². The fraction of sp³-hybridized carbons (Fsp3) is 0.700. The molecular weight excluding hydrogens is 224 g/mol. The lowest BCUT2D eigenvalue weighted by Crippen LogP contribution is -2.43.